The SMILES string of the molecule is Cc1ccc(C)c(CC(Br)CS(C)(=O)=O)c1. The second-order valence-corrected chi connectivity index (χ2v) is 7.80. The van der Waals surface area contributed by atoms with Gasteiger partial charge < -0.3 is 0 Å². The van der Waals surface area contributed by atoms with Crippen LogP contribution in [0.4, 0.5) is 0 Å². The first-order valence-corrected chi connectivity index (χ1v) is 8.13. The van der Waals surface area contributed by atoms with E-state index in [9.17, 15) is 8.42 Å². The molecule has 0 aliphatic carbocycles. The van der Waals surface area contributed by atoms with E-state index < -0.39 is 9.84 Å². The molecular weight excluding hydrogens is 288 g/mol. The molecule has 1 atom stereocenters. The van der Waals surface area contributed by atoms with Crippen molar-refractivity contribution in [1.82, 2.24) is 0 Å². The fourth-order valence-corrected chi connectivity index (χ4v) is 4.21. The number of sulfone groups is 1. The highest BCUT2D eigenvalue weighted by Crippen LogP contribution is 2.17. The summed E-state index contributed by atoms with van der Waals surface area (Å²) in [4.78, 5) is -0.0111. The van der Waals surface area contributed by atoms with Gasteiger partial charge in [-0.05, 0) is 31.4 Å². The highest BCUT2D eigenvalue weighted by Gasteiger charge is 2.13. The topological polar surface area (TPSA) is 34.1 Å². The molecule has 0 aliphatic rings. The molecule has 0 saturated carbocycles. The summed E-state index contributed by atoms with van der Waals surface area (Å²) in [6.45, 7) is 4.09. The van der Waals surface area contributed by atoms with E-state index in [-0.39, 0.29) is 10.6 Å². The first kappa shape index (κ1) is 13.7. The molecular formula is C12H17BrO2S. The minimum atomic E-state index is -2.91. The molecule has 90 valence electrons. The van der Waals surface area contributed by atoms with Gasteiger partial charge in [0.2, 0.25) is 0 Å². The van der Waals surface area contributed by atoms with Crippen molar-refractivity contribution >= 4 is 25.8 Å². The van der Waals surface area contributed by atoms with Crippen molar-refractivity contribution in [2.45, 2.75) is 25.1 Å². The third-order valence-corrected chi connectivity index (χ3v) is 4.51. The van der Waals surface area contributed by atoms with Gasteiger partial charge in [0, 0.05) is 11.1 Å². The summed E-state index contributed by atoms with van der Waals surface area (Å²) in [5, 5.41) is 0. The van der Waals surface area contributed by atoms with Crippen molar-refractivity contribution in [2.24, 2.45) is 0 Å². The van der Waals surface area contributed by atoms with Gasteiger partial charge >= 0.3 is 0 Å². The fraction of sp³-hybridized carbons (Fsp3) is 0.500. The summed E-state index contributed by atoms with van der Waals surface area (Å²) in [6.07, 6.45) is 2.02. The maximum Gasteiger partial charge on any atom is 0.148 e. The molecule has 0 heterocycles. The lowest BCUT2D eigenvalue weighted by atomic mass is 10.0. The molecule has 0 fully saturated rings. The van der Waals surface area contributed by atoms with E-state index in [1.807, 2.05) is 6.92 Å². The van der Waals surface area contributed by atoms with Crippen molar-refractivity contribution in [3.05, 3.63) is 34.9 Å². The predicted molar refractivity (Wildman–Crippen MR) is 72.0 cm³/mol. The van der Waals surface area contributed by atoms with Gasteiger partial charge in [-0.15, -0.1) is 0 Å². The Labute approximate surface area is 106 Å². The van der Waals surface area contributed by atoms with Crippen LogP contribution in [-0.4, -0.2) is 25.3 Å². The molecule has 0 aromatic heterocycles. The standard InChI is InChI=1S/C12H17BrO2S/c1-9-4-5-10(2)11(6-9)7-12(13)8-16(3,14)15/h4-6,12H,7-8H2,1-3H3. The maximum absolute atomic E-state index is 11.2. The van der Waals surface area contributed by atoms with Crippen molar-refractivity contribution < 1.29 is 8.42 Å². The number of halogens is 1. The number of hydrogen-bond donors (Lipinski definition) is 0. The largest absolute Gasteiger partial charge is 0.229 e. The summed E-state index contributed by atoms with van der Waals surface area (Å²) in [6, 6.07) is 6.26. The molecule has 0 radical (unpaired) electrons. The van der Waals surface area contributed by atoms with Gasteiger partial charge in [-0.2, -0.15) is 0 Å². The molecule has 0 N–H and O–H groups in total. The Balaban J connectivity index is 2.77. The molecule has 16 heavy (non-hydrogen) atoms. The lowest BCUT2D eigenvalue weighted by Gasteiger charge is -2.11. The Morgan fingerprint density at radius 1 is 1.31 bits per heavy atom. The molecule has 0 saturated heterocycles. The summed E-state index contributed by atoms with van der Waals surface area (Å²) >= 11 is 3.43. The lowest BCUT2D eigenvalue weighted by Crippen LogP contribution is -2.17. The summed E-state index contributed by atoms with van der Waals surface area (Å²) in [5.41, 5.74) is 3.63. The van der Waals surface area contributed by atoms with Gasteiger partial charge in [-0.25, -0.2) is 8.42 Å². The lowest BCUT2D eigenvalue weighted by molar-refractivity contribution is 0.600. The van der Waals surface area contributed by atoms with Crippen LogP contribution in [0.2, 0.25) is 0 Å². The molecule has 0 aliphatic heterocycles. The van der Waals surface area contributed by atoms with Gasteiger partial charge in [0.05, 0.1) is 5.75 Å². The molecule has 0 spiro atoms. The minimum Gasteiger partial charge on any atom is -0.229 e. The Morgan fingerprint density at radius 3 is 2.50 bits per heavy atom. The van der Waals surface area contributed by atoms with Crippen LogP contribution in [0.25, 0.3) is 0 Å². The highest BCUT2D eigenvalue weighted by molar-refractivity contribution is 9.09. The molecule has 2 nitrogen and oxygen atoms in total. The zero-order chi connectivity index (χ0) is 12.3. The zero-order valence-corrected chi connectivity index (χ0v) is 12.2. The van der Waals surface area contributed by atoms with Crippen molar-refractivity contribution in [3.63, 3.8) is 0 Å². The number of hydrogen-bond acceptors (Lipinski definition) is 2. The zero-order valence-electron chi connectivity index (χ0n) is 9.83. The van der Waals surface area contributed by atoms with E-state index in [4.69, 9.17) is 0 Å². The highest BCUT2D eigenvalue weighted by atomic mass is 79.9. The Kier molecular flexibility index (Phi) is 4.56. The van der Waals surface area contributed by atoms with Crippen LogP contribution in [0.15, 0.2) is 18.2 Å². The van der Waals surface area contributed by atoms with Crippen molar-refractivity contribution in [3.8, 4) is 0 Å². The van der Waals surface area contributed by atoms with Gasteiger partial charge in [0.1, 0.15) is 9.84 Å². The van der Waals surface area contributed by atoms with Crippen molar-refractivity contribution in [1.29, 1.82) is 0 Å². The van der Waals surface area contributed by atoms with Gasteiger partial charge in [-0.1, -0.05) is 39.7 Å². The average molecular weight is 305 g/mol. The Hall–Kier alpha value is -0.350. The Morgan fingerprint density at radius 2 is 1.94 bits per heavy atom. The van der Waals surface area contributed by atoms with E-state index >= 15 is 0 Å². The summed E-state index contributed by atoms with van der Waals surface area (Å²) in [5.74, 6) is 0.181. The maximum atomic E-state index is 11.2. The number of rotatable bonds is 4. The molecule has 0 bridgehead atoms. The van der Waals surface area contributed by atoms with Gasteiger partial charge in [0.25, 0.3) is 0 Å². The summed E-state index contributed by atoms with van der Waals surface area (Å²) < 4.78 is 22.3. The monoisotopic (exact) mass is 304 g/mol. The molecule has 1 aromatic carbocycles. The second kappa shape index (κ2) is 5.32. The van der Waals surface area contributed by atoms with E-state index in [0.717, 1.165) is 6.42 Å². The molecule has 0 amide bonds. The van der Waals surface area contributed by atoms with Crippen LogP contribution in [0, 0.1) is 13.8 Å². The minimum absolute atomic E-state index is 0.0111. The van der Waals surface area contributed by atoms with E-state index in [0.29, 0.717) is 0 Å². The van der Waals surface area contributed by atoms with E-state index in [2.05, 4.69) is 41.1 Å². The first-order chi connectivity index (χ1) is 7.28. The van der Waals surface area contributed by atoms with Gasteiger partial charge in [0.15, 0.2) is 0 Å². The molecule has 1 aromatic rings. The third-order valence-electron chi connectivity index (χ3n) is 2.43. The van der Waals surface area contributed by atoms with Crippen LogP contribution in [0.1, 0.15) is 16.7 Å². The first-order valence-electron chi connectivity index (χ1n) is 5.16. The second-order valence-electron chi connectivity index (χ2n) is 4.32. The average Bonchev–Trinajstić information content (AvgIpc) is 2.08. The number of benzene rings is 1. The molecule has 1 rings (SSSR count). The normalized spacial score (nSPS) is 13.8. The quantitative estimate of drug-likeness (QED) is 0.802. The van der Waals surface area contributed by atoms with E-state index in [1.165, 1.54) is 22.9 Å². The predicted octanol–water partition coefficient (Wildman–Crippen LogP) is 2.65. The van der Waals surface area contributed by atoms with Crippen LogP contribution < -0.4 is 0 Å². The van der Waals surface area contributed by atoms with Crippen molar-refractivity contribution in [2.75, 3.05) is 12.0 Å². The third kappa shape index (κ3) is 4.66. The number of aryl methyl sites for hydroxylation is 2. The fourth-order valence-electron chi connectivity index (χ4n) is 1.65. The molecule has 4 heteroatoms. The van der Waals surface area contributed by atoms with Crippen LogP contribution in [0.3, 0.4) is 0 Å². The smallest absolute Gasteiger partial charge is 0.148 e. The number of alkyl halides is 1. The van der Waals surface area contributed by atoms with Gasteiger partial charge in [-0.3, -0.25) is 0 Å². The van der Waals surface area contributed by atoms with Crippen LogP contribution >= 0.6 is 15.9 Å². The van der Waals surface area contributed by atoms with Crippen LogP contribution in [-0.2, 0) is 16.3 Å². The van der Waals surface area contributed by atoms with E-state index in [1.54, 1.807) is 0 Å². The summed E-state index contributed by atoms with van der Waals surface area (Å²) in [7, 11) is -2.91. The molecule has 1 unspecified atom stereocenters. The Bertz CT molecular complexity index is 466. The van der Waals surface area contributed by atoms with Crippen LogP contribution in [0.5, 0.6) is 0 Å².